The van der Waals surface area contributed by atoms with Crippen LogP contribution >= 0.6 is 0 Å². The molecule has 0 atom stereocenters. The van der Waals surface area contributed by atoms with Crippen molar-refractivity contribution in [3.63, 3.8) is 0 Å². The predicted octanol–water partition coefficient (Wildman–Crippen LogP) is 1.45. The van der Waals surface area contributed by atoms with Crippen LogP contribution in [0.3, 0.4) is 0 Å². The van der Waals surface area contributed by atoms with Gasteiger partial charge in [-0.05, 0) is 35.4 Å². The van der Waals surface area contributed by atoms with Crippen LogP contribution in [0.25, 0.3) is 22.2 Å². The molecule has 0 amide bonds. The Balaban J connectivity index is 1.75. The van der Waals surface area contributed by atoms with Crippen LogP contribution in [0.1, 0.15) is 6.92 Å². The number of nitrogens with one attached hydrogen (secondary N) is 3. The molecule has 1 aromatic carbocycles. The molecule has 0 bridgehead atoms. The van der Waals surface area contributed by atoms with Crippen molar-refractivity contribution in [2.45, 2.75) is 11.8 Å². The van der Waals surface area contributed by atoms with Crippen LogP contribution in [0, 0.1) is 0 Å². The zero-order valence-corrected chi connectivity index (χ0v) is 16.3. The molecule has 3 aromatic rings. The van der Waals surface area contributed by atoms with Gasteiger partial charge in [-0.3, -0.25) is 0 Å². The van der Waals surface area contributed by atoms with Crippen LogP contribution in [0.2, 0.25) is 0 Å². The van der Waals surface area contributed by atoms with Gasteiger partial charge in [0.15, 0.2) is 0 Å². The van der Waals surface area contributed by atoms with Gasteiger partial charge in [-0.25, -0.2) is 31.3 Å². The Labute approximate surface area is 158 Å². The average molecular weight is 409 g/mol. The first-order valence-electron chi connectivity index (χ1n) is 8.32. The van der Waals surface area contributed by atoms with Crippen LogP contribution in [0.15, 0.2) is 53.7 Å². The fourth-order valence-electron chi connectivity index (χ4n) is 2.71. The number of pyridine rings is 1. The van der Waals surface area contributed by atoms with E-state index in [2.05, 4.69) is 19.4 Å². The predicted molar refractivity (Wildman–Crippen MR) is 104 cm³/mol. The Bertz CT molecular complexity index is 1140. The van der Waals surface area contributed by atoms with Gasteiger partial charge < -0.3 is 4.98 Å². The maximum atomic E-state index is 12.4. The van der Waals surface area contributed by atoms with Gasteiger partial charge in [-0.15, -0.1) is 0 Å². The smallest absolute Gasteiger partial charge is 0.240 e. The lowest BCUT2D eigenvalue weighted by Gasteiger charge is -2.09. The standard InChI is InChI=1S/C17H20N4O4S2/c1-2-20-26(22,23)12-11-21-27(24,25)14-5-3-13(4-6-14)15-7-9-18-17-16(15)8-10-19-17/h3-10,20-21H,2,11-12H2,1H3,(H,18,19). The first-order valence-corrected chi connectivity index (χ1v) is 11.5. The first kappa shape index (κ1) is 19.5. The summed E-state index contributed by atoms with van der Waals surface area (Å²) in [6, 6.07) is 10.2. The van der Waals surface area contributed by atoms with E-state index in [-0.39, 0.29) is 23.7 Å². The number of sulfonamides is 2. The first-order chi connectivity index (χ1) is 12.8. The van der Waals surface area contributed by atoms with Gasteiger partial charge in [0.05, 0.1) is 10.6 Å². The number of rotatable bonds is 8. The Hall–Kier alpha value is -2.27. The molecule has 0 radical (unpaired) electrons. The van der Waals surface area contributed by atoms with Crippen molar-refractivity contribution < 1.29 is 16.8 Å². The van der Waals surface area contributed by atoms with E-state index in [9.17, 15) is 16.8 Å². The molecule has 144 valence electrons. The topological polar surface area (TPSA) is 121 Å². The lowest BCUT2D eigenvalue weighted by atomic mass is 10.0. The van der Waals surface area contributed by atoms with Gasteiger partial charge in [-0.1, -0.05) is 19.1 Å². The van der Waals surface area contributed by atoms with Crippen molar-refractivity contribution in [1.29, 1.82) is 0 Å². The number of nitrogens with zero attached hydrogens (tertiary/aromatic N) is 1. The van der Waals surface area contributed by atoms with E-state index in [4.69, 9.17) is 0 Å². The van der Waals surface area contributed by atoms with E-state index in [0.717, 1.165) is 22.2 Å². The summed E-state index contributed by atoms with van der Waals surface area (Å²) in [5.74, 6) is -0.319. The summed E-state index contributed by atoms with van der Waals surface area (Å²) < 4.78 is 52.5. The van der Waals surface area contributed by atoms with Crippen LogP contribution < -0.4 is 9.44 Å². The van der Waals surface area contributed by atoms with Crippen molar-refractivity contribution in [3.8, 4) is 11.1 Å². The molecule has 0 spiro atoms. The van der Waals surface area contributed by atoms with Crippen molar-refractivity contribution in [2.75, 3.05) is 18.8 Å². The summed E-state index contributed by atoms with van der Waals surface area (Å²) in [5, 5.41) is 0.944. The molecule has 0 aliphatic heterocycles. The normalized spacial score (nSPS) is 12.5. The van der Waals surface area contributed by atoms with E-state index >= 15 is 0 Å². The van der Waals surface area contributed by atoms with Gasteiger partial charge in [-0.2, -0.15) is 0 Å². The second kappa shape index (κ2) is 7.77. The molecule has 10 heteroatoms. The van der Waals surface area contributed by atoms with Gasteiger partial charge >= 0.3 is 0 Å². The lowest BCUT2D eigenvalue weighted by Crippen LogP contribution is -2.34. The average Bonchev–Trinajstić information content (AvgIpc) is 3.10. The summed E-state index contributed by atoms with van der Waals surface area (Å²) >= 11 is 0. The monoisotopic (exact) mass is 408 g/mol. The highest BCUT2D eigenvalue weighted by molar-refractivity contribution is 7.90. The second-order valence-electron chi connectivity index (χ2n) is 5.84. The molecule has 3 N–H and O–H groups in total. The maximum absolute atomic E-state index is 12.4. The van der Waals surface area contributed by atoms with Gasteiger partial charge in [0.2, 0.25) is 20.0 Å². The summed E-state index contributed by atoms with van der Waals surface area (Å²) in [5.41, 5.74) is 2.55. The summed E-state index contributed by atoms with van der Waals surface area (Å²) in [4.78, 5) is 7.35. The summed E-state index contributed by atoms with van der Waals surface area (Å²) in [6.45, 7) is 1.72. The molecule has 0 fully saturated rings. The Morgan fingerprint density at radius 3 is 2.44 bits per heavy atom. The third-order valence-electron chi connectivity index (χ3n) is 3.96. The number of fused-ring (bicyclic) bond motifs is 1. The number of benzene rings is 1. The minimum Gasteiger partial charge on any atom is -0.346 e. The molecule has 8 nitrogen and oxygen atoms in total. The highest BCUT2D eigenvalue weighted by Crippen LogP contribution is 2.27. The maximum Gasteiger partial charge on any atom is 0.240 e. The molecule has 27 heavy (non-hydrogen) atoms. The molecular weight excluding hydrogens is 388 g/mol. The summed E-state index contributed by atoms with van der Waals surface area (Å²) in [7, 11) is -7.27. The van der Waals surface area contributed by atoms with E-state index in [1.807, 2.05) is 12.1 Å². The van der Waals surface area contributed by atoms with Crippen molar-refractivity contribution in [3.05, 3.63) is 48.8 Å². The van der Waals surface area contributed by atoms with E-state index in [0.29, 0.717) is 0 Å². The molecule has 0 saturated carbocycles. The number of hydrogen-bond donors (Lipinski definition) is 3. The number of H-pyrrole nitrogens is 1. The van der Waals surface area contributed by atoms with Gasteiger partial charge in [0.25, 0.3) is 0 Å². The van der Waals surface area contributed by atoms with Gasteiger partial charge in [0, 0.05) is 30.9 Å². The number of hydrogen-bond acceptors (Lipinski definition) is 5. The van der Waals surface area contributed by atoms with E-state index in [1.165, 1.54) is 12.1 Å². The van der Waals surface area contributed by atoms with Crippen molar-refractivity contribution in [1.82, 2.24) is 19.4 Å². The fourth-order valence-corrected chi connectivity index (χ4v) is 4.83. The van der Waals surface area contributed by atoms with Crippen molar-refractivity contribution in [2.24, 2.45) is 0 Å². The second-order valence-corrected chi connectivity index (χ2v) is 9.53. The molecule has 0 unspecified atom stereocenters. The lowest BCUT2D eigenvalue weighted by molar-refractivity contribution is 0.576. The third-order valence-corrected chi connectivity index (χ3v) is 6.91. The van der Waals surface area contributed by atoms with Crippen LogP contribution in [-0.2, 0) is 20.0 Å². The molecule has 0 aliphatic carbocycles. The highest BCUT2D eigenvalue weighted by Gasteiger charge is 2.16. The number of aromatic amines is 1. The zero-order chi connectivity index (χ0) is 19.5. The minimum atomic E-state index is -3.79. The van der Waals surface area contributed by atoms with E-state index in [1.54, 1.807) is 31.5 Å². The molecule has 2 aromatic heterocycles. The quantitative estimate of drug-likeness (QED) is 0.521. The largest absolute Gasteiger partial charge is 0.346 e. The molecule has 2 heterocycles. The summed E-state index contributed by atoms with van der Waals surface area (Å²) in [6.07, 6.45) is 3.48. The zero-order valence-electron chi connectivity index (χ0n) is 14.6. The minimum absolute atomic E-state index is 0.0754. The third kappa shape index (κ3) is 4.53. The van der Waals surface area contributed by atoms with Gasteiger partial charge in [0.1, 0.15) is 5.65 Å². The number of aromatic nitrogens is 2. The Morgan fingerprint density at radius 2 is 1.74 bits per heavy atom. The molecular formula is C17H20N4O4S2. The Morgan fingerprint density at radius 1 is 1.00 bits per heavy atom. The van der Waals surface area contributed by atoms with E-state index < -0.39 is 20.0 Å². The van der Waals surface area contributed by atoms with Crippen LogP contribution in [0.4, 0.5) is 0 Å². The molecule has 0 aliphatic rings. The van der Waals surface area contributed by atoms with Crippen LogP contribution in [0.5, 0.6) is 0 Å². The Kier molecular flexibility index (Phi) is 5.61. The fraction of sp³-hybridized carbons (Fsp3) is 0.235. The van der Waals surface area contributed by atoms with Crippen molar-refractivity contribution >= 4 is 31.1 Å². The SMILES string of the molecule is CCNS(=O)(=O)CCNS(=O)(=O)c1ccc(-c2ccnc3[nH]ccc23)cc1. The van der Waals surface area contributed by atoms with Crippen LogP contribution in [-0.4, -0.2) is 45.6 Å². The molecule has 3 rings (SSSR count). The molecule has 0 saturated heterocycles. The highest BCUT2D eigenvalue weighted by atomic mass is 32.2.